The summed E-state index contributed by atoms with van der Waals surface area (Å²) in [6.07, 6.45) is 6.12. The van der Waals surface area contributed by atoms with Crippen LogP contribution in [-0.4, -0.2) is 4.98 Å². The molecule has 0 aliphatic heterocycles. The summed E-state index contributed by atoms with van der Waals surface area (Å²) in [7, 11) is 0. The lowest BCUT2D eigenvalue weighted by Crippen LogP contribution is -2.15. The van der Waals surface area contributed by atoms with Gasteiger partial charge in [-0.05, 0) is 36.5 Å². The summed E-state index contributed by atoms with van der Waals surface area (Å²) in [6.45, 7) is 0. The second-order valence-electron chi connectivity index (χ2n) is 5.22. The van der Waals surface area contributed by atoms with E-state index in [0.29, 0.717) is 17.3 Å². The molecule has 3 nitrogen and oxygen atoms in total. The number of pyridine rings is 1. The Labute approximate surface area is 112 Å². The maximum absolute atomic E-state index is 13.7. The number of nitrogen functional groups attached to an aromatic ring is 1. The summed E-state index contributed by atoms with van der Waals surface area (Å²) in [5.74, 6) is 6.36. The van der Waals surface area contributed by atoms with Gasteiger partial charge in [0.05, 0.1) is 0 Å². The van der Waals surface area contributed by atoms with E-state index < -0.39 is 0 Å². The SMILES string of the molecule is NNc1nc2c(F)cccc2cc1C1CCCCC1. The Morgan fingerprint density at radius 3 is 2.74 bits per heavy atom. The van der Waals surface area contributed by atoms with Crippen LogP contribution in [0.15, 0.2) is 24.3 Å². The highest BCUT2D eigenvalue weighted by Crippen LogP contribution is 2.37. The van der Waals surface area contributed by atoms with Gasteiger partial charge in [0.15, 0.2) is 0 Å². The smallest absolute Gasteiger partial charge is 0.149 e. The van der Waals surface area contributed by atoms with E-state index in [-0.39, 0.29) is 5.82 Å². The van der Waals surface area contributed by atoms with Gasteiger partial charge in [-0.15, -0.1) is 0 Å². The van der Waals surface area contributed by atoms with Crippen LogP contribution < -0.4 is 11.3 Å². The highest BCUT2D eigenvalue weighted by atomic mass is 19.1. The number of hydrazine groups is 1. The van der Waals surface area contributed by atoms with Crippen LogP contribution in [0.4, 0.5) is 10.2 Å². The average Bonchev–Trinajstić information content (AvgIpc) is 2.47. The maximum atomic E-state index is 13.7. The molecule has 2 aromatic rings. The largest absolute Gasteiger partial charge is 0.308 e. The van der Waals surface area contributed by atoms with Gasteiger partial charge in [-0.3, -0.25) is 0 Å². The van der Waals surface area contributed by atoms with Crippen molar-refractivity contribution in [3.05, 3.63) is 35.6 Å². The van der Waals surface area contributed by atoms with E-state index in [0.717, 1.165) is 23.8 Å². The monoisotopic (exact) mass is 259 g/mol. The number of hydrogen-bond donors (Lipinski definition) is 2. The van der Waals surface area contributed by atoms with Crippen molar-refractivity contribution in [3.8, 4) is 0 Å². The first kappa shape index (κ1) is 12.4. The number of hydrogen-bond acceptors (Lipinski definition) is 3. The van der Waals surface area contributed by atoms with Crippen LogP contribution in [0.1, 0.15) is 43.6 Å². The summed E-state index contributed by atoms with van der Waals surface area (Å²) in [4.78, 5) is 4.36. The first-order valence-electron chi connectivity index (χ1n) is 6.85. The van der Waals surface area contributed by atoms with Gasteiger partial charge in [0.25, 0.3) is 0 Å². The van der Waals surface area contributed by atoms with Crippen molar-refractivity contribution in [3.63, 3.8) is 0 Å². The Morgan fingerprint density at radius 2 is 2.00 bits per heavy atom. The molecule has 1 aromatic heterocycles. The van der Waals surface area contributed by atoms with Crippen LogP contribution in [0.25, 0.3) is 10.9 Å². The molecule has 0 atom stereocenters. The molecular formula is C15H18FN3. The number of anilines is 1. The lowest BCUT2D eigenvalue weighted by atomic mass is 9.84. The summed E-state index contributed by atoms with van der Waals surface area (Å²) in [6, 6.07) is 7.09. The summed E-state index contributed by atoms with van der Waals surface area (Å²) in [5.41, 5.74) is 4.14. The van der Waals surface area contributed by atoms with Gasteiger partial charge in [-0.25, -0.2) is 15.2 Å². The minimum atomic E-state index is -0.302. The first-order valence-corrected chi connectivity index (χ1v) is 6.85. The number of para-hydroxylation sites is 1. The van der Waals surface area contributed by atoms with Crippen molar-refractivity contribution in [1.29, 1.82) is 0 Å². The van der Waals surface area contributed by atoms with Gasteiger partial charge in [-0.2, -0.15) is 0 Å². The van der Waals surface area contributed by atoms with Crippen LogP contribution in [0.3, 0.4) is 0 Å². The lowest BCUT2D eigenvalue weighted by molar-refractivity contribution is 0.444. The highest BCUT2D eigenvalue weighted by molar-refractivity contribution is 5.82. The van der Waals surface area contributed by atoms with Crippen LogP contribution in [0.2, 0.25) is 0 Å². The molecule has 1 fully saturated rings. The predicted octanol–water partition coefficient (Wildman–Crippen LogP) is 3.71. The van der Waals surface area contributed by atoms with Gasteiger partial charge in [0.1, 0.15) is 17.2 Å². The van der Waals surface area contributed by atoms with E-state index in [2.05, 4.69) is 10.4 Å². The Morgan fingerprint density at radius 1 is 1.21 bits per heavy atom. The van der Waals surface area contributed by atoms with E-state index in [9.17, 15) is 4.39 Å². The molecule has 0 radical (unpaired) electrons. The van der Waals surface area contributed by atoms with Crippen LogP contribution in [0.5, 0.6) is 0 Å². The zero-order valence-electron chi connectivity index (χ0n) is 10.8. The topological polar surface area (TPSA) is 50.9 Å². The van der Waals surface area contributed by atoms with Gasteiger partial charge in [-0.1, -0.05) is 31.4 Å². The van der Waals surface area contributed by atoms with Crippen molar-refractivity contribution < 1.29 is 4.39 Å². The predicted molar refractivity (Wildman–Crippen MR) is 75.3 cm³/mol. The molecule has 1 aromatic carbocycles. The van der Waals surface area contributed by atoms with E-state index in [1.807, 2.05) is 12.1 Å². The molecular weight excluding hydrogens is 241 g/mol. The lowest BCUT2D eigenvalue weighted by Gasteiger charge is -2.24. The second-order valence-corrected chi connectivity index (χ2v) is 5.22. The zero-order chi connectivity index (χ0) is 13.2. The summed E-state index contributed by atoms with van der Waals surface area (Å²) < 4.78 is 13.7. The van der Waals surface area contributed by atoms with Crippen molar-refractivity contribution in [2.45, 2.75) is 38.0 Å². The van der Waals surface area contributed by atoms with Gasteiger partial charge in [0, 0.05) is 5.39 Å². The first-order chi connectivity index (χ1) is 9.29. The molecule has 1 aliphatic rings. The van der Waals surface area contributed by atoms with Crippen molar-refractivity contribution >= 4 is 16.7 Å². The number of fused-ring (bicyclic) bond motifs is 1. The number of rotatable bonds is 2. The fraction of sp³-hybridized carbons (Fsp3) is 0.400. The number of aromatic nitrogens is 1. The number of halogens is 1. The Bertz CT molecular complexity index is 591. The van der Waals surface area contributed by atoms with E-state index in [1.54, 1.807) is 6.07 Å². The normalized spacial score (nSPS) is 16.7. The minimum Gasteiger partial charge on any atom is -0.308 e. The quantitative estimate of drug-likeness (QED) is 0.638. The summed E-state index contributed by atoms with van der Waals surface area (Å²) >= 11 is 0. The van der Waals surface area contributed by atoms with Crippen LogP contribution >= 0.6 is 0 Å². The molecule has 0 spiro atoms. The number of nitrogens with zero attached hydrogens (tertiary/aromatic N) is 1. The molecule has 0 amide bonds. The standard InChI is InChI=1S/C15H18FN3/c16-13-8-4-7-11-9-12(10-5-2-1-3-6-10)15(19-17)18-14(11)13/h4,7-10H,1-3,5-6,17H2,(H,18,19). The molecule has 1 saturated carbocycles. The van der Waals surface area contributed by atoms with E-state index in [4.69, 9.17) is 5.84 Å². The fourth-order valence-electron chi connectivity index (χ4n) is 3.02. The molecule has 3 rings (SSSR count). The highest BCUT2D eigenvalue weighted by Gasteiger charge is 2.20. The summed E-state index contributed by atoms with van der Waals surface area (Å²) in [5, 5.41) is 0.847. The second kappa shape index (κ2) is 5.13. The Hall–Kier alpha value is -1.68. The van der Waals surface area contributed by atoms with E-state index >= 15 is 0 Å². The molecule has 1 heterocycles. The van der Waals surface area contributed by atoms with Gasteiger partial charge >= 0.3 is 0 Å². The van der Waals surface area contributed by atoms with Crippen molar-refractivity contribution in [2.24, 2.45) is 5.84 Å². The minimum absolute atomic E-state index is 0.302. The zero-order valence-corrected chi connectivity index (χ0v) is 10.8. The number of nitrogens with two attached hydrogens (primary N) is 1. The Balaban J connectivity index is 2.12. The van der Waals surface area contributed by atoms with Crippen molar-refractivity contribution in [2.75, 3.05) is 5.43 Å². The van der Waals surface area contributed by atoms with E-state index in [1.165, 1.54) is 25.3 Å². The van der Waals surface area contributed by atoms with Gasteiger partial charge in [0.2, 0.25) is 0 Å². The molecule has 4 heteroatoms. The molecule has 3 N–H and O–H groups in total. The third-order valence-electron chi connectivity index (χ3n) is 4.01. The average molecular weight is 259 g/mol. The molecule has 0 bridgehead atoms. The van der Waals surface area contributed by atoms with Crippen LogP contribution in [-0.2, 0) is 0 Å². The number of nitrogens with one attached hydrogen (secondary N) is 1. The van der Waals surface area contributed by atoms with Crippen molar-refractivity contribution in [1.82, 2.24) is 4.98 Å². The third-order valence-corrected chi connectivity index (χ3v) is 4.01. The molecule has 0 saturated heterocycles. The van der Waals surface area contributed by atoms with Gasteiger partial charge < -0.3 is 5.43 Å². The molecule has 19 heavy (non-hydrogen) atoms. The van der Waals surface area contributed by atoms with Crippen LogP contribution in [0, 0.1) is 5.82 Å². The fourth-order valence-corrected chi connectivity index (χ4v) is 3.02. The third kappa shape index (κ3) is 2.28. The molecule has 1 aliphatic carbocycles. The number of benzene rings is 1. The Kier molecular flexibility index (Phi) is 3.34. The molecule has 0 unspecified atom stereocenters. The maximum Gasteiger partial charge on any atom is 0.149 e. The molecule has 100 valence electrons.